The van der Waals surface area contributed by atoms with Gasteiger partial charge in [-0.15, -0.1) is 23.7 Å². The van der Waals surface area contributed by atoms with Crippen molar-refractivity contribution in [2.45, 2.75) is 25.7 Å². The SMILES string of the molecule is Cl.Nc1cccc2c1CCCN2C(=O)CCc1cccs1. The van der Waals surface area contributed by atoms with Crippen LogP contribution in [-0.4, -0.2) is 12.5 Å². The molecule has 2 heterocycles. The van der Waals surface area contributed by atoms with Gasteiger partial charge in [-0.25, -0.2) is 0 Å². The molecule has 112 valence electrons. The molecule has 2 aromatic rings. The van der Waals surface area contributed by atoms with Gasteiger partial charge in [0.15, 0.2) is 0 Å². The van der Waals surface area contributed by atoms with E-state index in [1.54, 1.807) is 11.3 Å². The number of amides is 1. The van der Waals surface area contributed by atoms with Gasteiger partial charge in [-0.2, -0.15) is 0 Å². The Morgan fingerprint density at radius 1 is 1.29 bits per heavy atom. The van der Waals surface area contributed by atoms with Crippen LogP contribution in [0.1, 0.15) is 23.3 Å². The van der Waals surface area contributed by atoms with E-state index < -0.39 is 0 Å². The number of benzene rings is 1. The number of carbonyl (C=O) groups is 1. The molecular weight excluding hydrogens is 304 g/mol. The molecule has 1 aromatic heterocycles. The highest BCUT2D eigenvalue weighted by Crippen LogP contribution is 2.31. The molecule has 5 heteroatoms. The van der Waals surface area contributed by atoms with Crippen LogP contribution in [0.3, 0.4) is 0 Å². The lowest BCUT2D eigenvalue weighted by Gasteiger charge is -2.30. The van der Waals surface area contributed by atoms with E-state index in [4.69, 9.17) is 5.73 Å². The highest BCUT2D eigenvalue weighted by molar-refractivity contribution is 7.09. The fourth-order valence-electron chi connectivity index (χ4n) is 2.73. The third-order valence-electron chi connectivity index (χ3n) is 3.75. The van der Waals surface area contributed by atoms with Crippen molar-refractivity contribution in [2.24, 2.45) is 0 Å². The maximum atomic E-state index is 12.5. The third-order valence-corrected chi connectivity index (χ3v) is 4.69. The Kier molecular flexibility index (Phi) is 5.26. The first-order valence-electron chi connectivity index (χ1n) is 6.96. The number of fused-ring (bicyclic) bond motifs is 1. The second-order valence-corrected chi connectivity index (χ2v) is 6.11. The first-order valence-corrected chi connectivity index (χ1v) is 7.84. The maximum Gasteiger partial charge on any atom is 0.227 e. The number of nitrogen functional groups attached to an aromatic ring is 1. The minimum absolute atomic E-state index is 0. The van der Waals surface area contributed by atoms with Crippen molar-refractivity contribution < 1.29 is 4.79 Å². The van der Waals surface area contributed by atoms with Gasteiger partial charge in [0.2, 0.25) is 5.91 Å². The molecule has 1 amide bonds. The van der Waals surface area contributed by atoms with E-state index in [-0.39, 0.29) is 18.3 Å². The summed E-state index contributed by atoms with van der Waals surface area (Å²) < 4.78 is 0. The molecule has 1 aliphatic rings. The number of carbonyl (C=O) groups excluding carboxylic acids is 1. The van der Waals surface area contributed by atoms with Gasteiger partial charge in [0.1, 0.15) is 0 Å². The second-order valence-electron chi connectivity index (χ2n) is 5.07. The Labute approximate surface area is 135 Å². The van der Waals surface area contributed by atoms with Gasteiger partial charge in [0.05, 0.1) is 0 Å². The van der Waals surface area contributed by atoms with Gasteiger partial charge in [-0.1, -0.05) is 12.1 Å². The van der Waals surface area contributed by atoms with Crippen molar-refractivity contribution >= 4 is 41.0 Å². The summed E-state index contributed by atoms with van der Waals surface area (Å²) >= 11 is 1.71. The zero-order valence-electron chi connectivity index (χ0n) is 11.7. The van der Waals surface area contributed by atoms with Crippen LogP contribution in [0.15, 0.2) is 35.7 Å². The standard InChI is InChI=1S/C16H18N2OS.ClH/c17-14-6-1-7-15-13(14)5-2-10-18(15)16(19)9-8-12-4-3-11-20-12;/h1,3-4,6-7,11H,2,5,8-10,17H2;1H. The smallest absolute Gasteiger partial charge is 0.227 e. The fourth-order valence-corrected chi connectivity index (χ4v) is 3.44. The molecule has 21 heavy (non-hydrogen) atoms. The molecule has 0 fully saturated rings. The van der Waals surface area contributed by atoms with Gasteiger partial charge in [0.25, 0.3) is 0 Å². The van der Waals surface area contributed by atoms with E-state index in [0.29, 0.717) is 6.42 Å². The van der Waals surface area contributed by atoms with Gasteiger partial charge in [-0.3, -0.25) is 4.79 Å². The molecule has 3 nitrogen and oxygen atoms in total. The van der Waals surface area contributed by atoms with Crippen molar-refractivity contribution in [1.82, 2.24) is 0 Å². The largest absolute Gasteiger partial charge is 0.398 e. The average Bonchev–Trinajstić information content (AvgIpc) is 2.98. The zero-order chi connectivity index (χ0) is 13.9. The fraction of sp³-hybridized carbons (Fsp3) is 0.312. The quantitative estimate of drug-likeness (QED) is 0.876. The normalized spacial score (nSPS) is 13.4. The summed E-state index contributed by atoms with van der Waals surface area (Å²) in [7, 11) is 0. The number of hydrogen-bond donors (Lipinski definition) is 1. The lowest BCUT2D eigenvalue weighted by molar-refractivity contribution is -0.118. The molecule has 1 aromatic carbocycles. The molecular formula is C16H19ClN2OS. The first kappa shape index (κ1) is 15.9. The number of nitrogens with zero attached hydrogens (tertiary/aromatic N) is 1. The first-order chi connectivity index (χ1) is 9.75. The third kappa shape index (κ3) is 3.39. The molecule has 0 aliphatic carbocycles. The highest BCUT2D eigenvalue weighted by Gasteiger charge is 2.23. The number of hydrogen-bond acceptors (Lipinski definition) is 3. The number of aryl methyl sites for hydroxylation is 1. The molecule has 0 spiro atoms. The molecule has 0 bridgehead atoms. The Bertz CT molecular complexity index is 613. The lowest BCUT2D eigenvalue weighted by Crippen LogP contribution is -2.35. The van der Waals surface area contributed by atoms with Gasteiger partial charge < -0.3 is 10.6 Å². The molecule has 0 saturated heterocycles. The molecule has 0 saturated carbocycles. The monoisotopic (exact) mass is 322 g/mol. The van der Waals surface area contributed by atoms with Crippen LogP contribution in [0.25, 0.3) is 0 Å². The molecule has 0 unspecified atom stereocenters. The minimum Gasteiger partial charge on any atom is -0.398 e. The van der Waals surface area contributed by atoms with Gasteiger partial charge in [0, 0.05) is 29.2 Å². The van der Waals surface area contributed by atoms with Crippen molar-refractivity contribution in [3.05, 3.63) is 46.2 Å². The van der Waals surface area contributed by atoms with E-state index in [2.05, 4.69) is 11.4 Å². The number of halogens is 1. The molecule has 0 atom stereocenters. The van der Waals surface area contributed by atoms with E-state index in [9.17, 15) is 4.79 Å². The summed E-state index contributed by atoms with van der Waals surface area (Å²) in [5.74, 6) is 0.199. The van der Waals surface area contributed by atoms with Crippen molar-refractivity contribution in [3.63, 3.8) is 0 Å². The van der Waals surface area contributed by atoms with Crippen LogP contribution >= 0.6 is 23.7 Å². The Morgan fingerprint density at radius 3 is 2.90 bits per heavy atom. The van der Waals surface area contributed by atoms with E-state index in [0.717, 1.165) is 42.7 Å². The lowest BCUT2D eigenvalue weighted by atomic mass is 9.99. The van der Waals surface area contributed by atoms with Crippen LogP contribution in [0.5, 0.6) is 0 Å². The summed E-state index contributed by atoms with van der Waals surface area (Å²) in [5, 5.41) is 2.05. The summed E-state index contributed by atoms with van der Waals surface area (Å²) in [6.07, 6.45) is 3.35. The molecule has 0 radical (unpaired) electrons. The van der Waals surface area contributed by atoms with E-state index in [1.165, 1.54) is 4.88 Å². The summed E-state index contributed by atoms with van der Waals surface area (Å²) in [4.78, 5) is 15.6. The molecule has 1 aliphatic heterocycles. The van der Waals surface area contributed by atoms with Gasteiger partial charge >= 0.3 is 0 Å². The number of rotatable bonds is 3. The van der Waals surface area contributed by atoms with Crippen molar-refractivity contribution in [2.75, 3.05) is 17.2 Å². The number of thiophene rings is 1. The molecule has 2 N–H and O–H groups in total. The van der Waals surface area contributed by atoms with Crippen molar-refractivity contribution in [1.29, 1.82) is 0 Å². The summed E-state index contributed by atoms with van der Waals surface area (Å²) in [5.41, 5.74) is 8.96. The number of anilines is 2. The Morgan fingerprint density at radius 2 is 2.14 bits per heavy atom. The van der Waals surface area contributed by atoms with Gasteiger partial charge in [-0.05, 0) is 48.4 Å². The Balaban J connectivity index is 0.00000161. The van der Waals surface area contributed by atoms with Crippen molar-refractivity contribution in [3.8, 4) is 0 Å². The average molecular weight is 323 g/mol. The van der Waals surface area contributed by atoms with Crippen LogP contribution in [0.2, 0.25) is 0 Å². The number of nitrogens with two attached hydrogens (primary N) is 1. The highest BCUT2D eigenvalue weighted by atomic mass is 35.5. The Hall–Kier alpha value is -1.52. The van der Waals surface area contributed by atoms with Crippen LogP contribution in [0.4, 0.5) is 11.4 Å². The zero-order valence-corrected chi connectivity index (χ0v) is 13.4. The minimum atomic E-state index is 0. The summed E-state index contributed by atoms with van der Waals surface area (Å²) in [6, 6.07) is 9.97. The van der Waals surface area contributed by atoms with Crippen LogP contribution < -0.4 is 10.6 Å². The van der Waals surface area contributed by atoms with Crippen LogP contribution in [-0.2, 0) is 17.6 Å². The predicted molar refractivity (Wildman–Crippen MR) is 91.4 cm³/mol. The van der Waals surface area contributed by atoms with E-state index in [1.807, 2.05) is 29.2 Å². The summed E-state index contributed by atoms with van der Waals surface area (Å²) in [6.45, 7) is 0.805. The topological polar surface area (TPSA) is 46.3 Å². The predicted octanol–water partition coefficient (Wildman–Crippen LogP) is 3.66. The van der Waals surface area contributed by atoms with E-state index >= 15 is 0 Å². The van der Waals surface area contributed by atoms with Crippen LogP contribution in [0, 0.1) is 0 Å². The molecule has 3 rings (SSSR count). The maximum absolute atomic E-state index is 12.5. The second kappa shape index (κ2) is 6.96.